The number of amides is 2. The van der Waals surface area contributed by atoms with Crippen LogP contribution in [0.1, 0.15) is 40.0 Å². The number of nitrogens with one attached hydrogen (secondary N) is 10. The lowest BCUT2D eigenvalue weighted by molar-refractivity contribution is -0.146. The number of aliphatic carboxylic acids is 4. The van der Waals surface area contributed by atoms with Crippen LogP contribution < -0.4 is 65.1 Å². The van der Waals surface area contributed by atoms with Crippen LogP contribution >= 0.6 is 0 Å². The van der Waals surface area contributed by atoms with Crippen LogP contribution in [0, 0.1) is 5.92 Å². The van der Waals surface area contributed by atoms with Crippen LogP contribution in [-0.4, -0.2) is 133 Å². The summed E-state index contributed by atoms with van der Waals surface area (Å²) in [5, 5.41) is 59.2. The average molecular weight is 919 g/mol. The first kappa shape index (κ1) is 48.1. The Hall–Kier alpha value is -8.91. The van der Waals surface area contributed by atoms with Crippen molar-refractivity contribution in [3.05, 3.63) is 80.4 Å². The molecular formula is C39H46N14O13. The van der Waals surface area contributed by atoms with E-state index in [0.29, 0.717) is 54.9 Å². The molecule has 2 aliphatic heterocycles. The van der Waals surface area contributed by atoms with Gasteiger partial charge in [0.2, 0.25) is 11.9 Å². The minimum absolute atomic E-state index is 0.0128. The van der Waals surface area contributed by atoms with Gasteiger partial charge in [-0.1, -0.05) is 0 Å². The van der Waals surface area contributed by atoms with Gasteiger partial charge in [0.1, 0.15) is 35.7 Å². The minimum atomic E-state index is -1.55. The van der Waals surface area contributed by atoms with Gasteiger partial charge < -0.3 is 79.2 Å². The molecule has 0 saturated carbocycles. The number of hydrogen-bond acceptors (Lipinski definition) is 19. The number of nitrogen functional groups attached to an aromatic ring is 2. The van der Waals surface area contributed by atoms with E-state index in [2.05, 4.69) is 62.5 Å². The number of nitrogens with zero attached hydrogens (tertiary/aromatic N) is 2. The maximum atomic E-state index is 12.4. The summed E-state index contributed by atoms with van der Waals surface area (Å²) in [4.78, 5) is 117. The lowest BCUT2D eigenvalue weighted by Gasteiger charge is -2.27. The first-order chi connectivity index (χ1) is 31.4. The van der Waals surface area contributed by atoms with Crippen LogP contribution in [0.5, 0.6) is 0 Å². The number of carbonyl (C=O) groups excluding carboxylic acids is 3. The third kappa shape index (κ3) is 13.3. The van der Waals surface area contributed by atoms with Gasteiger partial charge in [-0.2, -0.15) is 9.97 Å². The number of hydrogen-bond donors (Lipinski definition) is 16. The second-order valence-electron chi connectivity index (χ2n) is 14.7. The summed E-state index contributed by atoms with van der Waals surface area (Å²) < 4.78 is 0. The molecule has 2 aliphatic rings. The number of nitrogens with two attached hydrogens (primary N) is 2. The third-order valence-electron chi connectivity index (χ3n) is 9.83. The highest BCUT2D eigenvalue weighted by Gasteiger charge is 2.29. The molecule has 27 heteroatoms. The SMILES string of the molecule is Nc1nc2c(c(=O)[nH]1)NC(CNc1ccc(C(=O)NC(CC(C=O)C(=O)O)C(=O)O)cc1)CN2.Nc1nc2c(c(=O)[nH]1)NC(CNc1ccc(C(=O)NC(CCC(=O)O)C(=O)O)cc1)CN2. The van der Waals surface area contributed by atoms with Gasteiger partial charge in [-0.05, 0) is 61.4 Å². The van der Waals surface area contributed by atoms with Crippen LogP contribution in [0.25, 0.3) is 0 Å². The number of benzene rings is 2. The fourth-order valence-corrected chi connectivity index (χ4v) is 6.36. The van der Waals surface area contributed by atoms with Crippen LogP contribution in [-0.2, 0) is 24.0 Å². The van der Waals surface area contributed by atoms with E-state index in [9.17, 15) is 48.3 Å². The molecule has 0 spiro atoms. The summed E-state index contributed by atoms with van der Waals surface area (Å²) in [7, 11) is 0. The summed E-state index contributed by atoms with van der Waals surface area (Å²) in [6, 6.07) is 9.37. The van der Waals surface area contributed by atoms with Crippen molar-refractivity contribution < 1.29 is 54.0 Å². The molecule has 0 fully saturated rings. The monoisotopic (exact) mass is 918 g/mol. The first-order valence-corrected chi connectivity index (χ1v) is 19.9. The second-order valence-corrected chi connectivity index (χ2v) is 14.7. The molecule has 0 bridgehead atoms. The highest BCUT2D eigenvalue weighted by molar-refractivity contribution is 5.98. The molecule has 6 rings (SSSR count). The van der Waals surface area contributed by atoms with Crippen LogP contribution in [0.15, 0.2) is 58.1 Å². The largest absolute Gasteiger partial charge is 0.481 e. The van der Waals surface area contributed by atoms with E-state index in [0.717, 1.165) is 0 Å². The normalized spacial score (nSPS) is 15.8. The van der Waals surface area contributed by atoms with E-state index in [-0.39, 0.29) is 65.5 Å². The summed E-state index contributed by atoms with van der Waals surface area (Å²) in [6.07, 6.45) is -1.03. The van der Waals surface area contributed by atoms with Crippen molar-refractivity contribution >= 4 is 88.3 Å². The van der Waals surface area contributed by atoms with E-state index >= 15 is 0 Å². The van der Waals surface area contributed by atoms with Gasteiger partial charge in [0, 0.05) is 55.1 Å². The Labute approximate surface area is 371 Å². The van der Waals surface area contributed by atoms with Crippen molar-refractivity contribution in [1.82, 2.24) is 30.6 Å². The van der Waals surface area contributed by atoms with Gasteiger partial charge in [-0.3, -0.25) is 38.7 Å². The van der Waals surface area contributed by atoms with Crippen molar-refractivity contribution in [3.63, 3.8) is 0 Å². The van der Waals surface area contributed by atoms with E-state index < -0.39 is 65.7 Å². The zero-order valence-corrected chi connectivity index (χ0v) is 34.5. The molecule has 0 aliphatic carbocycles. The van der Waals surface area contributed by atoms with E-state index in [1.54, 1.807) is 24.3 Å². The van der Waals surface area contributed by atoms with Gasteiger partial charge in [0.25, 0.3) is 22.9 Å². The molecule has 66 heavy (non-hydrogen) atoms. The number of carbonyl (C=O) groups is 7. The number of carboxylic acids is 4. The zero-order chi connectivity index (χ0) is 48.1. The Balaban J connectivity index is 0.000000248. The fraction of sp³-hybridized carbons (Fsp3) is 0.308. The van der Waals surface area contributed by atoms with Crippen molar-refractivity contribution in [1.29, 1.82) is 0 Å². The van der Waals surface area contributed by atoms with Gasteiger partial charge in [0.15, 0.2) is 11.6 Å². The molecule has 4 aromatic rings. The first-order valence-electron chi connectivity index (χ1n) is 19.9. The van der Waals surface area contributed by atoms with Gasteiger partial charge in [-0.25, -0.2) is 9.59 Å². The third-order valence-corrected chi connectivity index (χ3v) is 9.83. The lowest BCUT2D eigenvalue weighted by atomic mass is 10.0. The number of anilines is 8. The quantitative estimate of drug-likeness (QED) is 0.0390. The Morgan fingerprint density at radius 1 is 0.667 bits per heavy atom. The van der Waals surface area contributed by atoms with Crippen molar-refractivity contribution in [2.75, 3.05) is 69.5 Å². The van der Waals surface area contributed by atoms with Crippen LogP contribution in [0.4, 0.5) is 46.3 Å². The molecule has 5 atom stereocenters. The van der Waals surface area contributed by atoms with Crippen LogP contribution in [0.3, 0.4) is 0 Å². The highest BCUT2D eigenvalue weighted by atomic mass is 16.4. The minimum Gasteiger partial charge on any atom is -0.481 e. The number of rotatable bonds is 19. The Kier molecular flexibility index (Phi) is 16.0. The predicted octanol–water partition coefficient (Wildman–Crippen LogP) is -1.14. The molecule has 2 aromatic heterocycles. The topological polar surface area (TPSA) is 440 Å². The van der Waals surface area contributed by atoms with Crippen molar-refractivity contribution in [2.45, 2.75) is 43.4 Å². The van der Waals surface area contributed by atoms with Crippen molar-refractivity contribution in [3.8, 4) is 0 Å². The number of aldehydes is 1. The lowest BCUT2D eigenvalue weighted by Crippen LogP contribution is -2.43. The van der Waals surface area contributed by atoms with Crippen molar-refractivity contribution in [2.24, 2.45) is 5.92 Å². The summed E-state index contributed by atoms with van der Waals surface area (Å²) in [5.41, 5.74) is 12.6. The summed E-state index contributed by atoms with van der Waals surface area (Å²) >= 11 is 0. The maximum absolute atomic E-state index is 12.4. The number of carboxylic acid groups (broad SMARTS) is 4. The number of fused-ring (bicyclic) bond motifs is 2. The number of aromatic nitrogens is 4. The number of aromatic amines is 2. The maximum Gasteiger partial charge on any atom is 0.326 e. The fourth-order valence-electron chi connectivity index (χ4n) is 6.36. The smallest absolute Gasteiger partial charge is 0.326 e. The molecule has 4 heterocycles. The highest BCUT2D eigenvalue weighted by Crippen LogP contribution is 2.22. The number of H-pyrrole nitrogens is 2. The molecule has 0 radical (unpaired) electrons. The molecule has 27 nitrogen and oxygen atoms in total. The molecule has 2 aromatic carbocycles. The molecule has 350 valence electrons. The van der Waals surface area contributed by atoms with Gasteiger partial charge in [-0.15, -0.1) is 0 Å². The summed E-state index contributed by atoms with van der Waals surface area (Å²) in [5.74, 6) is -7.46. The van der Waals surface area contributed by atoms with Gasteiger partial charge in [0.05, 0.1) is 12.1 Å². The molecular weight excluding hydrogens is 873 g/mol. The molecule has 0 saturated heterocycles. The second kappa shape index (κ2) is 21.9. The average Bonchev–Trinajstić information content (AvgIpc) is 3.27. The summed E-state index contributed by atoms with van der Waals surface area (Å²) in [6.45, 7) is 1.86. The zero-order valence-electron chi connectivity index (χ0n) is 34.5. The van der Waals surface area contributed by atoms with Gasteiger partial charge >= 0.3 is 23.9 Å². The molecule has 5 unspecified atom stereocenters. The predicted molar refractivity (Wildman–Crippen MR) is 237 cm³/mol. The van der Waals surface area contributed by atoms with Crippen LogP contribution in [0.2, 0.25) is 0 Å². The Morgan fingerprint density at radius 3 is 1.47 bits per heavy atom. The van der Waals surface area contributed by atoms with E-state index in [4.69, 9.17) is 26.8 Å². The molecule has 18 N–H and O–H groups in total. The molecule has 2 amide bonds. The Morgan fingerprint density at radius 2 is 1.09 bits per heavy atom. The van der Waals surface area contributed by atoms with E-state index in [1.807, 2.05) is 0 Å². The van der Waals surface area contributed by atoms with E-state index in [1.165, 1.54) is 24.3 Å². The standard InChI is InChI=1S/C20H23N7O7.C19H23N7O6/c21-20-26-15-14(17(30)27-20)24-12(7-23-15)6-22-11-3-1-9(2-4-11)16(29)25-13(19(33)34)5-10(8-28)18(31)32;20-19-25-15-14(17(30)26-19)23-11(8-22-15)7-21-10-3-1-9(2-4-10)16(29)24-12(18(31)32)5-6-13(27)28/h1-4,8,10,12-13,22,24H,5-7H2,(H,25,29)(H,31,32)(H,33,34)(H4,21,23,26,27,30);1-4,11-12,21,23H,5-8H2,(H,24,29)(H,27,28)(H,31,32)(H4,20,22,25,26,30). The Bertz CT molecular complexity index is 2570.